The van der Waals surface area contributed by atoms with Crippen LogP contribution >= 0.6 is 0 Å². The second-order valence-corrected chi connectivity index (χ2v) is 4.42. The lowest BCUT2D eigenvalue weighted by Crippen LogP contribution is -2.59. The molecule has 1 heterocycles. The van der Waals surface area contributed by atoms with Crippen molar-refractivity contribution in [1.82, 2.24) is 5.32 Å². The fraction of sp³-hybridized carbons (Fsp3) is 0.538. The van der Waals surface area contributed by atoms with E-state index in [4.69, 9.17) is 9.47 Å². The van der Waals surface area contributed by atoms with E-state index in [1.54, 1.807) is 0 Å². The normalized spacial score (nSPS) is 17.8. The van der Waals surface area contributed by atoms with Gasteiger partial charge in [-0.15, -0.1) is 0 Å². The standard InChI is InChI=1S/C13H19NO2/c1-13(10-14-11-13)16-9-5-8-15-12-6-3-2-4-7-12/h2-4,6-7,14H,5,8-11H2,1H3. The van der Waals surface area contributed by atoms with E-state index in [2.05, 4.69) is 12.2 Å². The number of rotatable bonds is 6. The highest BCUT2D eigenvalue weighted by Gasteiger charge is 2.31. The molecule has 0 bridgehead atoms. The molecule has 1 aliphatic rings. The minimum absolute atomic E-state index is 0.0622. The molecule has 1 N–H and O–H groups in total. The lowest BCUT2D eigenvalue weighted by molar-refractivity contribution is -0.0692. The van der Waals surface area contributed by atoms with Gasteiger partial charge in [0.1, 0.15) is 5.75 Å². The average Bonchev–Trinajstić information content (AvgIpc) is 2.28. The molecule has 88 valence electrons. The Bertz CT molecular complexity index is 309. The predicted molar refractivity (Wildman–Crippen MR) is 63.8 cm³/mol. The first-order chi connectivity index (χ1) is 7.79. The minimum atomic E-state index is 0.0622. The van der Waals surface area contributed by atoms with Gasteiger partial charge in [0, 0.05) is 19.5 Å². The van der Waals surface area contributed by atoms with Gasteiger partial charge in [-0.2, -0.15) is 0 Å². The zero-order chi connectivity index (χ0) is 11.3. The fourth-order valence-corrected chi connectivity index (χ4v) is 1.66. The highest BCUT2D eigenvalue weighted by atomic mass is 16.5. The van der Waals surface area contributed by atoms with Crippen molar-refractivity contribution in [1.29, 1.82) is 0 Å². The zero-order valence-electron chi connectivity index (χ0n) is 9.74. The molecule has 0 unspecified atom stereocenters. The summed E-state index contributed by atoms with van der Waals surface area (Å²) < 4.78 is 11.3. The van der Waals surface area contributed by atoms with Crippen molar-refractivity contribution in [2.45, 2.75) is 18.9 Å². The van der Waals surface area contributed by atoms with Crippen LogP contribution < -0.4 is 10.1 Å². The molecule has 1 fully saturated rings. The Morgan fingerprint density at radius 2 is 1.94 bits per heavy atom. The van der Waals surface area contributed by atoms with Gasteiger partial charge in [0.15, 0.2) is 0 Å². The maximum Gasteiger partial charge on any atom is 0.119 e. The lowest BCUT2D eigenvalue weighted by Gasteiger charge is -2.39. The average molecular weight is 221 g/mol. The number of benzene rings is 1. The van der Waals surface area contributed by atoms with E-state index in [0.717, 1.165) is 31.9 Å². The van der Waals surface area contributed by atoms with Crippen LogP contribution in [0.5, 0.6) is 5.75 Å². The molecule has 16 heavy (non-hydrogen) atoms. The zero-order valence-corrected chi connectivity index (χ0v) is 9.74. The van der Waals surface area contributed by atoms with Crippen molar-refractivity contribution in [3.8, 4) is 5.75 Å². The summed E-state index contributed by atoms with van der Waals surface area (Å²) in [7, 11) is 0. The van der Waals surface area contributed by atoms with Crippen LogP contribution in [0.15, 0.2) is 30.3 Å². The summed E-state index contributed by atoms with van der Waals surface area (Å²) >= 11 is 0. The van der Waals surface area contributed by atoms with Crippen LogP contribution in [0.1, 0.15) is 13.3 Å². The molecule has 3 nitrogen and oxygen atoms in total. The van der Waals surface area contributed by atoms with Crippen LogP contribution in [0.25, 0.3) is 0 Å². The van der Waals surface area contributed by atoms with E-state index in [1.165, 1.54) is 0 Å². The highest BCUT2D eigenvalue weighted by Crippen LogP contribution is 2.15. The molecule has 0 radical (unpaired) electrons. The quantitative estimate of drug-likeness (QED) is 0.743. The van der Waals surface area contributed by atoms with Gasteiger partial charge in [-0.25, -0.2) is 0 Å². The summed E-state index contributed by atoms with van der Waals surface area (Å²) in [6.07, 6.45) is 0.935. The molecule has 1 aromatic carbocycles. The van der Waals surface area contributed by atoms with Crippen molar-refractivity contribution in [2.24, 2.45) is 0 Å². The van der Waals surface area contributed by atoms with Gasteiger partial charge in [-0.3, -0.25) is 0 Å². The van der Waals surface area contributed by atoms with Gasteiger partial charge in [0.25, 0.3) is 0 Å². The number of ether oxygens (including phenoxy) is 2. The molecule has 1 aliphatic heterocycles. The summed E-state index contributed by atoms with van der Waals surface area (Å²) in [5.74, 6) is 0.930. The molecule has 0 spiro atoms. The molecule has 1 saturated heterocycles. The molecule has 3 heteroatoms. The van der Waals surface area contributed by atoms with E-state index in [0.29, 0.717) is 6.61 Å². The van der Waals surface area contributed by atoms with Crippen LogP contribution in [0.2, 0.25) is 0 Å². The van der Waals surface area contributed by atoms with Gasteiger partial charge in [0.2, 0.25) is 0 Å². The molecule has 0 aliphatic carbocycles. The van der Waals surface area contributed by atoms with Gasteiger partial charge >= 0.3 is 0 Å². The third kappa shape index (κ3) is 3.22. The largest absolute Gasteiger partial charge is 0.494 e. The number of hydrogen-bond donors (Lipinski definition) is 1. The fourth-order valence-electron chi connectivity index (χ4n) is 1.66. The predicted octanol–water partition coefficient (Wildman–Crippen LogP) is 1.83. The summed E-state index contributed by atoms with van der Waals surface area (Å²) in [6, 6.07) is 9.89. The van der Waals surface area contributed by atoms with Gasteiger partial charge in [-0.05, 0) is 19.1 Å². The monoisotopic (exact) mass is 221 g/mol. The topological polar surface area (TPSA) is 30.5 Å². The second kappa shape index (κ2) is 5.32. The van der Waals surface area contributed by atoms with E-state index in [9.17, 15) is 0 Å². The first-order valence-corrected chi connectivity index (χ1v) is 5.81. The van der Waals surface area contributed by atoms with Gasteiger partial charge in [-0.1, -0.05) is 18.2 Å². The summed E-state index contributed by atoms with van der Waals surface area (Å²) in [4.78, 5) is 0. The first kappa shape index (κ1) is 11.4. The van der Waals surface area contributed by atoms with Crippen LogP contribution in [-0.4, -0.2) is 31.9 Å². The van der Waals surface area contributed by atoms with Crippen molar-refractivity contribution < 1.29 is 9.47 Å². The number of hydrogen-bond acceptors (Lipinski definition) is 3. The van der Waals surface area contributed by atoms with E-state index >= 15 is 0 Å². The van der Waals surface area contributed by atoms with E-state index in [-0.39, 0.29) is 5.60 Å². The summed E-state index contributed by atoms with van der Waals surface area (Å²) in [6.45, 7) is 5.55. The third-order valence-corrected chi connectivity index (χ3v) is 2.75. The molecular weight excluding hydrogens is 202 g/mol. The molecule has 0 saturated carbocycles. The Morgan fingerprint density at radius 1 is 1.19 bits per heavy atom. The van der Waals surface area contributed by atoms with Crippen LogP contribution in [-0.2, 0) is 4.74 Å². The SMILES string of the molecule is CC1(OCCCOc2ccccc2)CNC1. The molecule has 2 rings (SSSR count). The molecule has 0 aromatic heterocycles. The Hall–Kier alpha value is -1.06. The van der Waals surface area contributed by atoms with Crippen molar-refractivity contribution in [3.63, 3.8) is 0 Å². The summed E-state index contributed by atoms with van der Waals surface area (Å²) in [5.41, 5.74) is 0.0622. The number of nitrogens with one attached hydrogen (secondary N) is 1. The minimum Gasteiger partial charge on any atom is -0.494 e. The molecule has 1 aromatic rings. The van der Waals surface area contributed by atoms with Gasteiger partial charge < -0.3 is 14.8 Å². The Kier molecular flexibility index (Phi) is 3.80. The van der Waals surface area contributed by atoms with Crippen molar-refractivity contribution >= 4 is 0 Å². The Morgan fingerprint density at radius 3 is 2.56 bits per heavy atom. The maximum absolute atomic E-state index is 5.76. The Balaban J connectivity index is 1.55. The smallest absolute Gasteiger partial charge is 0.119 e. The first-order valence-electron chi connectivity index (χ1n) is 5.81. The van der Waals surface area contributed by atoms with Crippen molar-refractivity contribution in [2.75, 3.05) is 26.3 Å². The van der Waals surface area contributed by atoms with Crippen LogP contribution in [0.3, 0.4) is 0 Å². The maximum atomic E-state index is 5.76. The van der Waals surface area contributed by atoms with Crippen LogP contribution in [0, 0.1) is 0 Å². The van der Waals surface area contributed by atoms with Gasteiger partial charge in [0.05, 0.1) is 18.8 Å². The van der Waals surface area contributed by atoms with E-state index in [1.807, 2.05) is 30.3 Å². The molecule has 0 atom stereocenters. The second-order valence-electron chi connectivity index (χ2n) is 4.42. The number of para-hydroxylation sites is 1. The Labute approximate surface area is 96.8 Å². The lowest BCUT2D eigenvalue weighted by atomic mass is 10.0. The van der Waals surface area contributed by atoms with E-state index < -0.39 is 0 Å². The van der Waals surface area contributed by atoms with Crippen molar-refractivity contribution in [3.05, 3.63) is 30.3 Å². The summed E-state index contributed by atoms with van der Waals surface area (Å²) in [5, 5.41) is 3.21. The molecular formula is C13H19NO2. The van der Waals surface area contributed by atoms with Crippen LogP contribution in [0.4, 0.5) is 0 Å². The molecule has 0 amide bonds. The highest BCUT2D eigenvalue weighted by molar-refractivity contribution is 5.20. The third-order valence-electron chi connectivity index (χ3n) is 2.75.